The first-order valence-corrected chi connectivity index (χ1v) is 4.55. The van der Waals surface area contributed by atoms with Gasteiger partial charge in [0.15, 0.2) is 0 Å². The van der Waals surface area contributed by atoms with Crippen LogP contribution in [0.3, 0.4) is 0 Å². The molecule has 0 bridgehead atoms. The van der Waals surface area contributed by atoms with E-state index in [0.29, 0.717) is 17.7 Å². The van der Waals surface area contributed by atoms with Gasteiger partial charge in [-0.2, -0.15) is 0 Å². The number of nitrogens with zero attached hydrogens (tertiary/aromatic N) is 1. The lowest BCUT2D eigenvalue weighted by Crippen LogP contribution is -2.44. The van der Waals surface area contributed by atoms with E-state index in [1.165, 1.54) is 0 Å². The van der Waals surface area contributed by atoms with Crippen LogP contribution in [-0.2, 0) is 6.42 Å². The van der Waals surface area contributed by atoms with E-state index in [-0.39, 0.29) is 16.9 Å². The van der Waals surface area contributed by atoms with Gasteiger partial charge in [-0.25, -0.2) is 0 Å². The van der Waals surface area contributed by atoms with Gasteiger partial charge in [-0.05, 0) is 20.3 Å². The SMILES string of the molecule is CCc1c(N(C)C(C)C)c(=O)c1=O. The Morgan fingerprint density at radius 1 is 1.23 bits per heavy atom. The standard InChI is InChI=1S/C10H15NO2/c1-5-7-8(10(13)9(7)12)11(4)6(2)3/h6H,5H2,1-4H3. The van der Waals surface area contributed by atoms with Gasteiger partial charge >= 0.3 is 0 Å². The van der Waals surface area contributed by atoms with Crippen molar-refractivity contribution in [1.29, 1.82) is 0 Å². The summed E-state index contributed by atoms with van der Waals surface area (Å²) >= 11 is 0. The largest absolute Gasteiger partial charge is 0.369 e. The lowest BCUT2D eigenvalue weighted by atomic mass is 10.0. The minimum absolute atomic E-state index is 0.258. The normalized spacial score (nSPS) is 11.2. The first-order valence-electron chi connectivity index (χ1n) is 4.55. The topological polar surface area (TPSA) is 37.4 Å². The van der Waals surface area contributed by atoms with Gasteiger partial charge in [0.25, 0.3) is 0 Å². The van der Waals surface area contributed by atoms with E-state index in [9.17, 15) is 9.59 Å². The van der Waals surface area contributed by atoms with Gasteiger partial charge in [-0.1, -0.05) is 6.92 Å². The number of hydrogen-bond donors (Lipinski definition) is 0. The summed E-state index contributed by atoms with van der Waals surface area (Å²) in [6, 6.07) is 0.258. The van der Waals surface area contributed by atoms with Crippen molar-refractivity contribution >= 4 is 5.69 Å². The molecule has 0 saturated heterocycles. The molecule has 0 aliphatic heterocycles. The molecule has 0 aliphatic carbocycles. The van der Waals surface area contributed by atoms with E-state index in [0.717, 1.165) is 0 Å². The molecule has 0 radical (unpaired) electrons. The third kappa shape index (κ3) is 1.39. The van der Waals surface area contributed by atoms with E-state index < -0.39 is 0 Å². The summed E-state index contributed by atoms with van der Waals surface area (Å²) < 4.78 is 0. The Balaban J connectivity index is 3.10. The number of hydrogen-bond acceptors (Lipinski definition) is 3. The van der Waals surface area contributed by atoms with Crippen LogP contribution in [0.25, 0.3) is 0 Å². The van der Waals surface area contributed by atoms with Crippen molar-refractivity contribution in [1.82, 2.24) is 0 Å². The molecule has 0 aliphatic rings. The Morgan fingerprint density at radius 2 is 1.77 bits per heavy atom. The van der Waals surface area contributed by atoms with E-state index in [2.05, 4.69) is 0 Å². The van der Waals surface area contributed by atoms with Gasteiger partial charge in [0.05, 0.1) is 5.69 Å². The third-order valence-electron chi connectivity index (χ3n) is 2.46. The zero-order valence-electron chi connectivity index (χ0n) is 8.55. The predicted octanol–water partition coefficient (Wildman–Crippen LogP) is 0.690. The van der Waals surface area contributed by atoms with Crippen molar-refractivity contribution < 1.29 is 0 Å². The van der Waals surface area contributed by atoms with Gasteiger partial charge < -0.3 is 4.90 Å². The van der Waals surface area contributed by atoms with Crippen molar-refractivity contribution in [3.05, 3.63) is 26.0 Å². The molecule has 0 N–H and O–H groups in total. The molecule has 1 rings (SSSR count). The molecule has 72 valence electrons. The van der Waals surface area contributed by atoms with Crippen molar-refractivity contribution in [2.75, 3.05) is 11.9 Å². The molecule has 0 saturated carbocycles. The molecule has 1 aromatic carbocycles. The second kappa shape index (κ2) is 3.32. The summed E-state index contributed by atoms with van der Waals surface area (Å²) in [5.41, 5.74) is 0.668. The van der Waals surface area contributed by atoms with Crippen LogP contribution in [-0.4, -0.2) is 13.1 Å². The summed E-state index contributed by atoms with van der Waals surface area (Å²) in [6.07, 6.45) is 0.650. The van der Waals surface area contributed by atoms with Crippen molar-refractivity contribution in [2.24, 2.45) is 0 Å². The maximum atomic E-state index is 11.2. The molecule has 0 unspecified atom stereocenters. The Labute approximate surface area is 77.7 Å². The Morgan fingerprint density at radius 3 is 2.15 bits per heavy atom. The molecule has 0 atom stereocenters. The van der Waals surface area contributed by atoms with Crippen LogP contribution in [0.15, 0.2) is 9.59 Å². The van der Waals surface area contributed by atoms with Gasteiger partial charge in [0, 0.05) is 18.7 Å². The third-order valence-corrected chi connectivity index (χ3v) is 2.46. The summed E-state index contributed by atoms with van der Waals surface area (Å²) in [6.45, 7) is 5.89. The highest BCUT2D eigenvalue weighted by molar-refractivity contribution is 5.58. The molecule has 0 aromatic heterocycles. The average Bonchev–Trinajstić information content (AvgIpc) is 2.10. The average molecular weight is 181 g/mol. The van der Waals surface area contributed by atoms with Crippen LogP contribution in [0.5, 0.6) is 0 Å². The zero-order chi connectivity index (χ0) is 10.2. The molecule has 0 spiro atoms. The monoisotopic (exact) mass is 181 g/mol. The molecule has 13 heavy (non-hydrogen) atoms. The minimum Gasteiger partial charge on any atom is -0.369 e. The smallest absolute Gasteiger partial charge is 0.249 e. The molecular formula is C10H15NO2. The van der Waals surface area contributed by atoms with Gasteiger partial charge in [0.2, 0.25) is 10.9 Å². The summed E-state index contributed by atoms with van der Waals surface area (Å²) in [7, 11) is 1.85. The number of rotatable bonds is 3. The second-order valence-corrected chi connectivity index (χ2v) is 3.54. The van der Waals surface area contributed by atoms with E-state index in [1.807, 2.05) is 32.7 Å². The predicted molar refractivity (Wildman–Crippen MR) is 54.3 cm³/mol. The zero-order valence-corrected chi connectivity index (χ0v) is 8.55. The van der Waals surface area contributed by atoms with Crippen LogP contribution >= 0.6 is 0 Å². The van der Waals surface area contributed by atoms with Crippen molar-refractivity contribution in [2.45, 2.75) is 33.2 Å². The first kappa shape index (κ1) is 9.96. The summed E-state index contributed by atoms with van der Waals surface area (Å²) in [4.78, 5) is 24.2. The fourth-order valence-corrected chi connectivity index (χ4v) is 1.39. The number of anilines is 1. The van der Waals surface area contributed by atoms with E-state index >= 15 is 0 Å². The van der Waals surface area contributed by atoms with Gasteiger partial charge in [-0.15, -0.1) is 0 Å². The van der Waals surface area contributed by atoms with Crippen molar-refractivity contribution in [3.8, 4) is 0 Å². The molecule has 0 fully saturated rings. The van der Waals surface area contributed by atoms with Crippen molar-refractivity contribution in [3.63, 3.8) is 0 Å². The highest BCUT2D eigenvalue weighted by Crippen LogP contribution is 2.15. The van der Waals surface area contributed by atoms with Gasteiger partial charge in [-0.3, -0.25) is 9.59 Å². The Kier molecular flexibility index (Phi) is 2.55. The Hall–Kier alpha value is -1.12. The molecule has 0 amide bonds. The minimum atomic E-state index is -0.326. The maximum absolute atomic E-state index is 11.2. The highest BCUT2D eigenvalue weighted by atomic mass is 16.2. The first-order chi connectivity index (χ1) is 6.00. The summed E-state index contributed by atoms with van der Waals surface area (Å²) in [5, 5.41) is 0. The van der Waals surface area contributed by atoms with E-state index in [1.54, 1.807) is 0 Å². The fourth-order valence-electron chi connectivity index (χ4n) is 1.39. The Bertz CT molecular complexity index is 372. The quantitative estimate of drug-likeness (QED) is 0.644. The summed E-state index contributed by atoms with van der Waals surface area (Å²) in [5.74, 6) is 0. The lowest BCUT2D eigenvalue weighted by Gasteiger charge is -2.26. The molecular weight excluding hydrogens is 166 g/mol. The fraction of sp³-hybridized carbons (Fsp3) is 0.600. The molecule has 1 aromatic rings. The van der Waals surface area contributed by atoms with E-state index in [4.69, 9.17) is 0 Å². The molecule has 3 nitrogen and oxygen atoms in total. The lowest BCUT2D eigenvalue weighted by molar-refractivity contribution is 0.741. The highest BCUT2D eigenvalue weighted by Gasteiger charge is 2.23. The molecule has 3 heteroatoms. The van der Waals surface area contributed by atoms with Crippen LogP contribution in [0.2, 0.25) is 0 Å². The van der Waals surface area contributed by atoms with Crippen LogP contribution in [0.4, 0.5) is 5.69 Å². The van der Waals surface area contributed by atoms with Crippen LogP contribution < -0.4 is 15.8 Å². The van der Waals surface area contributed by atoms with Crippen LogP contribution in [0.1, 0.15) is 26.3 Å². The van der Waals surface area contributed by atoms with Gasteiger partial charge in [0.1, 0.15) is 0 Å². The second-order valence-electron chi connectivity index (χ2n) is 3.54. The maximum Gasteiger partial charge on any atom is 0.249 e. The molecule has 0 heterocycles. The van der Waals surface area contributed by atoms with Crippen LogP contribution in [0, 0.1) is 0 Å².